The van der Waals surface area contributed by atoms with Crippen LogP contribution >= 0.6 is 0 Å². The predicted octanol–water partition coefficient (Wildman–Crippen LogP) is 6.19. The number of rotatable bonds is 13. The van der Waals surface area contributed by atoms with Gasteiger partial charge in [0.1, 0.15) is 35.1 Å². The molecule has 3 atom stereocenters. The van der Waals surface area contributed by atoms with E-state index >= 15 is 0 Å². The third-order valence-electron chi connectivity index (χ3n) is 7.36. The second kappa shape index (κ2) is 17.0. The van der Waals surface area contributed by atoms with Crippen LogP contribution in [0, 0.1) is 6.92 Å². The summed E-state index contributed by atoms with van der Waals surface area (Å²) in [6.45, 7) is 14.4. The molecule has 0 bridgehead atoms. The molecule has 10 heteroatoms. The highest BCUT2D eigenvalue weighted by Crippen LogP contribution is 2.25. The monoisotopic (exact) mass is 673 g/mol. The normalized spacial score (nSPS) is 13.4. The average Bonchev–Trinajstić information content (AvgIpc) is 3.00. The van der Waals surface area contributed by atoms with Crippen LogP contribution in [0.4, 0.5) is 4.79 Å². The summed E-state index contributed by atoms with van der Waals surface area (Å²) < 4.78 is 11.2. The van der Waals surface area contributed by atoms with Crippen LogP contribution < -0.4 is 10.6 Å². The van der Waals surface area contributed by atoms with Gasteiger partial charge in [0, 0.05) is 19.4 Å². The highest BCUT2D eigenvalue weighted by atomic mass is 16.6. The molecule has 3 aromatic rings. The van der Waals surface area contributed by atoms with Crippen molar-refractivity contribution in [1.82, 2.24) is 15.5 Å². The molecule has 3 unspecified atom stereocenters. The highest BCUT2D eigenvalue weighted by Gasteiger charge is 2.38. The van der Waals surface area contributed by atoms with Crippen LogP contribution in [0.2, 0.25) is 0 Å². The summed E-state index contributed by atoms with van der Waals surface area (Å²) in [5.41, 5.74) is 1.37. The Hall–Kier alpha value is -4.86. The number of phenolic OH excluding ortho intramolecular Hbond substituents is 1. The van der Waals surface area contributed by atoms with Crippen LogP contribution in [-0.2, 0) is 36.7 Å². The number of ether oxygens (including phenoxy) is 2. The molecule has 0 saturated carbocycles. The first-order chi connectivity index (χ1) is 23.0. The summed E-state index contributed by atoms with van der Waals surface area (Å²) in [5.74, 6) is -1.63. The molecule has 0 aromatic heterocycles. The zero-order chi connectivity index (χ0) is 36.4. The Morgan fingerprint density at radius 3 is 1.84 bits per heavy atom. The van der Waals surface area contributed by atoms with Crippen molar-refractivity contribution in [1.29, 1.82) is 0 Å². The van der Waals surface area contributed by atoms with E-state index in [2.05, 4.69) is 10.6 Å². The quantitative estimate of drug-likeness (QED) is 0.184. The number of hydrogen-bond donors (Lipinski definition) is 3. The zero-order valence-corrected chi connectivity index (χ0v) is 29.9. The standard InChI is InChI=1S/C39H51N3O7/c1-9-23-42(35(45)31(41-37(47)49-39(6,7)8)24-28-17-21-30(43)22-18-28)33(29-19-15-26(2)16-20-29)34(44)40-32(36(46)48-38(3,4)5)25-27-13-11-10-12-14-27/h10-22,31-33,43H,9,23-25H2,1-8H3,(H,40,44)(H,41,47). The molecule has 3 N–H and O–H groups in total. The van der Waals surface area contributed by atoms with E-state index in [1.165, 1.54) is 17.0 Å². The fourth-order valence-electron chi connectivity index (χ4n) is 5.21. The van der Waals surface area contributed by atoms with E-state index in [0.717, 1.165) is 11.1 Å². The molecule has 3 rings (SSSR count). The van der Waals surface area contributed by atoms with Gasteiger partial charge in [-0.05, 0) is 83.7 Å². The van der Waals surface area contributed by atoms with Gasteiger partial charge < -0.3 is 30.1 Å². The van der Waals surface area contributed by atoms with Crippen molar-refractivity contribution in [3.8, 4) is 5.75 Å². The number of benzene rings is 3. The molecule has 0 aliphatic carbocycles. The maximum absolute atomic E-state index is 14.6. The number of nitrogens with one attached hydrogen (secondary N) is 2. The topological polar surface area (TPSA) is 134 Å². The van der Waals surface area contributed by atoms with Gasteiger partial charge in [-0.1, -0.05) is 79.2 Å². The first-order valence-corrected chi connectivity index (χ1v) is 16.7. The van der Waals surface area contributed by atoms with Gasteiger partial charge in [0.05, 0.1) is 0 Å². The number of nitrogens with zero attached hydrogens (tertiary/aromatic N) is 1. The van der Waals surface area contributed by atoms with Crippen LogP contribution in [0.25, 0.3) is 0 Å². The van der Waals surface area contributed by atoms with Crippen LogP contribution in [0.15, 0.2) is 78.9 Å². The largest absolute Gasteiger partial charge is 0.508 e. The maximum Gasteiger partial charge on any atom is 0.408 e. The number of amides is 3. The lowest BCUT2D eigenvalue weighted by atomic mass is 9.98. The van der Waals surface area contributed by atoms with Crippen molar-refractivity contribution in [2.24, 2.45) is 0 Å². The number of aryl methyl sites for hydroxylation is 1. The number of carbonyl (C=O) groups excluding carboxylic acids is 4. The van der Waals surface area contributed by atoms with Crippen molar-refractivity contribution in [3.05, 3.63) is 101 Å². The fourth-order valence-corrected chi connectivity index (χ4v) is 5.21. The van der Waals surface area contributed by atoms with Gasteiger partial charge in [-0.25, -0.2) is 9.59 Å². The molecular weight excluding hydrogens is 622 g/mol. The van der Waals surface area contributed by atoms with Crippen molar-refractivity contribution in [2.75, 3.05) is 6.54 Å². The fraction of sp³-hybridized carbons (Fsp3) is 0.436. The van der Waals surface area contributed by atoms with Gasteiger partial charge in [-0.2, -0.15) is 0 Å². The zero-order valence-electron chi connectivity index (χ0n) is 29.9. The number of esters is 1. The van der Waals surface area contributed by atoms with E-state index < -0.39 is 53.2 Å². The molecule has 3 aromatic carbocycles. The smallest absolute Gasteiger partial charge is 0.408 e. The van der Waals surface area contributed by atoms with Gasteiger partial charge in [0.25, 0.3) is 0 Å². The highest BCUT2D eigenvalue weighted by molar-refractivity contribution is 5.94. The van der Waals surface area contributed by atoms with Gasteiger partial charge >= 0.3 is 12.1 Å². The maximum atomic E-state index is 14.6. The predicted molar refractivity (Wildman–Crippen MR) is 189 cm³/mol. The Bertz CT molecular complexity index is 1540. The molecule has 0 aliphatic rings. The van der Waals surface area contributed by atoms with Crippen LogP contribution in [0.1, 0.15) is 83.2 Å². The van der Waals surface area contributed by atoms with Crippen molar-refractivity contribution in [3.63, 3.8) is 0 Å². The van der Waals surface area contributed by atoms with E-state index in [-0.39, 0.29) is 25.1 Å². The minimum absolute atomic E-state index is 0.0606. The Balaban J connectivity index is 2.07. The van der Waals surface area contributed by atoms with E-state index in [9.17, 15) is 24.3 Å². The Labute approximate surface area is 290 Å². The molecule has 0 heterocycles. The summed E-state index contributed by atoms with van der Waals surface area (Å²) in [7, 11) is 0. The molecule has 10 nitrogen and oxygen atoms in total. The first kappa shape index (κ1) is 38.6. The van der Waals surface area contributed by atoms with Crippen LogP contribution in [0.3, 0.4) is 0 Å². The second-order valence-electron chi connectivity index (χ2n) is 14.2. The molecular formula is C39H51N3O7. The second-order valence-corrected chi connectivity index (χ2v) is 14.2. The summed E-state index contributed by atoms with van der Waals surface area (Å²) in [5, 5.41) is 15.5. The van der Waals surface area contributed by atoms with Crippen molar-refractivity contribution >= 4 is 23.9 Å². The van der Waals surface area contributed by atoms with E-state index in [1.54, 1.807) is 65.8 Å². The number of alkyl carbamates (subject to hydrolysis) is 1. The molecule has 49 heavy (non-hydrogen) atoms. The lowest BCUT2D eigenvalue weighted by molar-refractivity contribution is -0.159. The minimum Gasteiger partial charge on any atom is -0.508 e. The molecule has 0 spiro atoms. The van der Waals surface area contributed by atoms with Gasteiger partial charge in [-0.15, -0.1) is 0 Å². The molecule has 3 amide bonds. The van der Waals surface area contributed by atoms with Gasteiger partial charge in [-0.3, -0.25) is 9.59 Å². The SMILES string of the molecule is CCCN(C(=O)C(Cc1ccc(O)cc1)NC(=O)OC(C)(C)C)C(C(=O)NC(Cc1ccccc1)C(=O)OC(C)(C)C)c1ccc(C)cc1. The van der Waals surface area contributed by atoms with Crippen molar-refractivity contribution < 1.29 is 33.8 Å². The number of carbonyl (C=O) groups is 4. The molecule has 264 valence electrons. The van der Waals surface area contributed by atoms with Gasteiger partial charge in [0.15, 0.2) is 0 Å². The van der Waals surface area contributed by atoms with Crippen LogP contribution in [0.5, 0.6) is 5.75 Å². The van der Waals surface area contributed by atoms with Crippen LogP contribution in [-0.4, -0.2) is 63.7 Å². The number of hydrogen-bond acceptors (Lipinski definition) is 7. The Morgan fingerprint density at radius 2 is 1.29 bits per heavy atom. The van der Waals surface area contributed by atoms with Crippen molar-refractivity contribution in [2.45, 2.75) is 104 Å². The Morgan fingerprint density at radius 1 is 0.735 bits per heavy atom. The first-order valence-electron chi connectivity index (χ1n) is 16.7. The lowest BCUT2D eigenvalue weighted by Crippen LogP contribution is -2.55. The lowest BCUT2D eigenvalue weighted by Gasteiger charge is -2.35. The Kier molecular flexibility index (Phi) is 13.4. The number of aromatic hydroxyl groups is 1. The molecule has 0 fully saturated rings. The van der Waals surface area contributed by atoms with E-state index in [0.29, 0.717) is 17.5 Å². The third kappa shape index (κ3) is 12.6. The molecule has 0 aliphatic heterocycles. The average molecular weight is 674 g/mol. The molecule has 0 radical (unpaired) electrons. The van der Waals surface area contributed by atoms with E-state index in [1.807, 2.05) is 56.3 Å². The minimum atomic E-state index is -1.16. The van der Waals surface area contributed by atoms with Gasteiger partial charge in [0.2, 0.25) is 11.8 Å². The summed E-state index contributed by atoms with van der Waals surface area (Å²) in [4.78, 5) is 57.1. The summed E-state index contributed by atoms with van der Waals surface area (Å²) >= 11 is 0. The third-order valence-corrected chi connectivity index (χ3v) is 7.36. The summed E-state index contributed by atoms with van der Waals surface area (Å²) in [6, 6.07) is 19.6. The van der Waals surface area contributed by atoms with E-state index in [4.69, 9.17) is 9.47 Å². The number of phenols is 1. The summed E-state index contributed by atoms with van der Waals surface area (Å²) in [6.07, 6.45) is -0.0486. The molecule has 0 saturated heterocycles.